The van der Waals surface area contributed by atoms with Gasteiger partial charge in [0.05, 0.1) is 5.92 Å². The highest BCUT2D eigenvalue weighted by Gasteiger charge is 2.28. The van der Waals surface area contributed by atoms with Crippen LogP contribution >= 0.6 is 0 Å². The van der Waals surface area contributed by atoms with Gasteiger partial charge in [0.2, 0.25) is 0 Å². The van der Waals surface area contributed by atoms with Gasteiger partial charge in [-0.25, -0.2) is 0 Å². The summed E-state index contributed by atoms with van der Waals surface area (Å²) in [6.07, 6.45) is 1.68. The lowest BCUT2D eigenvalue weighted by Crippen LogP contribution is -2.07. The van der Waals surface area contributed by atoms with Gasteiger partial charge in [-0.2, -0.15) is 0 Å². The second-order valence-corrected chi connectivity index (χ2v) is 3.57. The highest BCUT2D eigenvalue weighted by molar-refractivity contribution is 5.78. The van der Waals surface area contributed by atoms with Gasteiger partial charge >= 0.3 is 5.97 Å². The van der Waals surface area contributed by atoms with E-state index in [1.807, 2.05) is 25.1 Å². The third-order valence-corrected chi connectivity index (χ3v) is 2.80. The van der Waals surface area contributed by atoms with Gasteiger partial charge in [-0.3, -0.25) is 4.79 Å². The van der Waals surface area contributed by atoms with Crippen molar-refractivity contribution in [3.63, 3.8) is 0 Å². The Hall–Kier alpha value is -1.31. The molecule has 1 aromatic rings. The summed E-state index contributed by atoms with van der Waals surface area (Å²) < 4.78 is 0. The van der Waals surface area contributed by atoms with Gasteiger partial charge in [-0.1, -0.05) is 18.2 Å². The number of hydrogen-bond donors (Lipinski definition) is 1. The minimum absolute atomic E-state index is 0.269. The molecule has 0 saturated carbocycles. The largest absolute Gasteiger partial charge is 0.481 e. The van der Waals surface area contributed by atoms with Crippen molar-refractivity contribution in [1.82, 2.24) is 0 Å². The molecule has 2 nitrogen and oxygen atoms in total. The lowest BCUT2D eigenvalue weighted by molar-refractivity contribution is -0.138. The Labute approximate surface area is 77.2 Å². The molecule has 1 aliphatic rings. The first-order chi connectivity index (χ1) is 6.20. The van der Waals surface area contributed by atoms with Crippen LogP contribution in [0.4, 0.5) is 0 Å². The van der Waals surface area contributed by atoms with E-state index in [4.69, 9.17) is 5.11 Å². The van der Waals surface area contributed by atoms with E-state index in [-0.39, 0.29) is 5.92 Å². The predicted molar refractivity (Wildman–Crippen MR) is 49.9 cm³/mol. The molecule has 0 unspecified atom stereocenters. The smallest absolute Gasteiger partial charge is 0.310 e. The molecule has 0 bridgehead atoms. The van der Waals surface area contributed by atoms with E-state index < -0.39 is 5.97 Å². The Morgan fingerprint density at radius 3 is 3.00 bits per heavy atom. The van der Waals surface area contributed by atoms with Crippen molar-refractivity contribution in [2.45, 2.75) is 25.7 Å². The molecule has 2 rings (SSSR count). The molecule has 0 saturated heterocycles. The van der Waals surface area contributed by atoms with Gasteiger partial charge < -0.3 is 5.11 Å². The summed E-state index contributed by atoms with van der Waals surface area (Å²) in [5.41, 5.74) is 3.49. The van der Waals surface area contributed by atoms with Crippen molar-refractivity contribution < 1.29 is 9.90 Å². The maximum absolute atomic E-state index is 10.9. The summed E-state index contributed by atoms with van der Waals surface area (Å²) in [6, 6.07) is 5.92. The van der Waals surface area contributed by atoms with E-state index in [2.05, 4.69) is 0 Å². The first kappa shape index (κ1) is 8.30. The van der Waals surface area contributed by atoms with Crippen LogP contribution in [0.2, 0.25) is 0 Å². The number of aliphatic carboxylic acids is 1. The van der Waals surface area contributed by atoms with E-state index >= 15 is 0 Å². The first-order valence-electron chi connectivity index (χ1n) is 4.51. The normalized spacial score (nSPS) is 19.9. The SMILES string of the molecule is Cc1cccc2c1CC[C@H]2C(=O)O. The highest BCUT2D eigenvalue weighted by atomic mass is 16.4. The molecule has 2 heteroatoms. The van der Waals surface area contributed by atoms with Crippen LogP contribution in [-0.2, 0) is 11.2 Å². The number of benzene rings is 1. The van der Waals surface area contributed by atoms with Gasteiger partial charge in [0.15, 0.2) is 0 Å². The molecule has 0 aliphatic heterocycles. The monoisotopic (exact) mass is 176 g/mol. The summed E-state index contributed by atoms with van der Waals surface area (Å²) in [4.78, 5) is 10.9. The molecule has 0 heterocycles. The fraction of sp³-hybridized carbons (Fsp3) is 0.364. The summed E-state index contributed by atoms with van der Waals surface area (Å²) in [5, 5.41) is 8.95. The third-order valence-electron chi connectivity index (χ3n) is 2.80. The zero-order valence-electron chi connectivity index (χ0n) is 7.58. The Bertz CT molecular complexity index is 355. The van der Waals surface area contributed by atoms with Gasteiger partial charge in [0.1, 0.15) is 0 Å². The van der Waals surface area contributed by atoms with Crippen LogP contribution in [0.3, 0.4) is 0 Å². The quantitative estimate of drug-likeness (QED) is 0.711. The van der Waals surface area contributed by atoms with Gasteiger partial charge in [0, 0.05) is 0 Å². The molecule has 1 aliphatic carbocycles. The fourth-order valence-electron chi connectivity index (χ4n) is 2.09. The number of carboxylic acid groups (broad SMARTS) is 1. The summed E-state index contributed by atoms with van der Waals surface area (Å²) >= 11 is 0. The molecule has 0 fully saturated rings. The molecule has 0 radical (unpaired) electrons. The van der Waals surface area contributed by atoms with Crippen molar-refractivity contribution in [2.24, 2.45) is 0 Å². The van der Waals surface area contributed by atoms with Crippen LogP contribution < -0.4 is 0 Å². The van der Waals surface area contributed by atoms with Crippen molar-refractivity contribution in [3.05, 3.63) is 34.9 Å². The number of rotatable bonds is 1. The summed E-state index contributed by atoms with van der Waals surface area (Å²) in [7, 11) is 0. The zero-order valence-corrected chi connectivity index (χ0v) is 7.58. The van der Waals surface area contributed by atoms with Crippen molar-refractivity contribution in [2.75, 3.05) is 0 Å². The molecule has 0 aromatic heterocycles. The van der Waals surface area contributed by atoms with Gasteiger partial charge in [-0.15, -0.1) is 0 Å². The first-order valence-corrected chi connectivity index (χ1v) is 4.51. The molecular weight excluding hydrogens is 164 g/mol. The minimum atomic E-state index is -0.690. The predicted octanol–water partition coefficient (Wildman–Crippen LogP) is 2.11. The Kier molecular flexibility index (Phi) is 1.83. The van der Waals surface area contributed by atoms with Crippen LogP contribution in [0.1, 0.15) is 29.0 Å². The number of fused-ring (bicyclic) bond motifs is 1. The number of aryl methyl sites for hydroxylation is 1. The van der Waals surface area contributed by atoms with E-state index in [1.165, 1.54) is 11.1 Å². The van der Waals surface area contributed by atoms with Gasteiger partial charge in [0.25, 0.3) is 0 Å². The van der Waals surface area contributed by atoms with Crippen LogP contribution in [0.25, 0.3) is 0 Å². The van der Waals surface area contributed by atoms with Crippen molar-refractivity contribution >= 4 is 5.97 Å². The molecular formula is C11H12O2. The maximum atomic E-state index is 10.9. The third kappa shape index (κ3) is 1.22. The van der Waals surface area contributed by atoms with Gasteiger partial charge in [-0.05, 0) is 36.5 Å². The molecule has 1 N–H and O–H groups in total. The molecule has 0 amide bonds. The van der Waals surface area contributed by atoms with E-state index in [1.54, 1.807) is 0 Å². The van der Waals surface area contributed by atoms with E-state index in [9.17, 15) is 4.79 Å². The maximum Gasteiger partial charge on any atom is 0.310 e. The lowest BCUT2D eigenvalue weighted by atomic mass is 9.99. The Balaban J connectivity index is 2.49. The number of carboxylic acids is 1. The minimum Gasteiger partial charge on any atom is -0.481 e. The Morgan fingerprint density at radius 2 is 2.31 bits per heavy atom. The van der Waals surface area contributed by atoms with Crippen LogP contribution in [0, 0.1) is 6.92 Å². The standard InChI is InChI=1S/C11H12O2/c1-7-3-2-4-9-8(7)5-6-10(9)11(12)13/h2-4,10H,5-6H2,1H3,(H,12,13)/t10-/m1/s1. The van der Waals surface area contributed by atoms with Crippen LogP contribution in [0.15, 0.2) is 18.2 Å². The molecule has 0 spiro atoms. The topological polar surface area (TPSA) is 37.3 Å². The van der Waals surface area contributed by atoms with E-state index in [0.29, 0.717) is 0 Å². The molecule has 1 atom stereocenters. The van der Waals surface area contributed by atoms with E-state index in [0.717, 1.165) is 18.4 Å². The fourth-order valence-corrected chi connectivity index (χ4v) is 2.09. The second kappa shape index (κ2) is 2.87. The second-order valence-electron chi connectivity index (χ2n) is 3.57. The molecule has 13 heavy (non-hydrogen) atoms. The lowest BCUT2D eigenvalue weighted by Gasteiger charge is -2.06. The summed E-state index contributed by atoms with van der Waals surface area (Å²) in [5.74, 6) is -0.959. The average Bonchev–Trinajstić information content (AvgIpc) is 2.48. The van der Waals surface area contributed by atoms with Crippen molar-refractivity contribution in [1.29, 1.82) is 0 Å². The number of hydrogen-bond acceptors (Lipinski definition) is 1. The van der Waals surface area contributed by atoms with Crippen molar-refractivity contribution in [3.8, 4) is 0 Å². The number of carbonyl (C=O) groups is 1. The average molecular weight is 176 g/mol. The van der Waals surface area contributed by atoms with Crippen LogP contribution in [-0.4, -0.2) is 11.1 Å². The Morgan fingerprint density at radius 1 is 1.54 bits per heavy atom. The molecule has 1 aromatic carbocycles. The zero-order chi connectivity index (χ0) is 9.42. The highest BCUT2D eigenvalue weighted by Crippen LogP contribution is 2.34. The molecule has 68 valence electrons. The van der Waals surface area contributed by atoms with Crippen LogP contribution in [0.5, 0.6) is 0 Å². The summed E-state index contributed by atoms with van der Waals surface area (Å²) in [6.45, 7) is 2.04.